The second kappa shape index (κ2) is 5.09. The summed E-state index contributed by atoms with van der Waals surface area (Å²) in [4.78, 5) is 4.28. The zero-order valence-corrected chi connectivity index (χ0v) is 10.8. The van der Waals surface area contributed by atoms with Crippen LogP contribution in [0, 0.1) is 11.7 Å². The van der Waals surface area contributed by atoms with E-state index in [-0.39, 0.29) is 5.82 Å². The standard InChI is InChI=1S/C14H16FN3O/c1-16-12(9-6-7-9)8-13-17-14(18-19-13)10-4-2-3-5-11(10)15/h2-5,9,12,16H,6-8H2,1H3. The Hall–Kier alpha value is -1.75. The van der Waals surface area contributed by atoms with Gasteiger partial charge in [-0.15, -0.1) is 0 Å². The first-order chi connectivity index (χ1) is 9.28. The summed E-state index contributed by atoms with van der Waals surface area (Å²) in [6.07, 6.45) is 3.20. The molecule has 1 N–H and O–H groups in total. The third-order valence-corrected chi connectivity index (χ3v) is 3.54. The fourth-order valence-corrected chi connectivity index (χ4v) is 2.28. The fourth-order valence-electron chi connectivity index (χ4n) is 2.28. The highest BCUT2D eigenvalue weighted by Crippen LogP contribution is 2.33. The third-order valence-electron chi connectivity index (χ3n) is 3.54. The first-order valence-corrected chi connectivity index (χ1v) is 6.52. The van der Waals surface area contributed by atoms with Gasteiger partial charge >= 0.3 is 0 Å². The Morgan fingerprint density at radius 2 is 2.21 bits per heavy atom. The summed E-state index contributed by atoms with van der Waals surface area (Å²) in [6.45, 7) is 0. The molecule has 1 unspecified atom stereocenters. The molecule has 1 aliphatic carbocycles. The monoisotopic (exact) mass is 261 g/mol. The van der Waals surface area contributed by atoms with E-state index in [1.54, 1.807) is 18.2 Å². The van der Waals surface area contributed by atoms with Crippen LogP contribution >= 0.6 is 0 Å². The van der Waals surface area contributed by atoms with Gasteiger partial charge in [-0.1, -0.05) is 17.3 Å². The first-order valence-electron chi connectivity index (χ1n) is 6.52. The van der Waals surface area contributed by atoms with Crippen molar-refractivity contribution in [3.63, 3.8) is 0 Å². The Morgan fingerprint density at radius 1 is 1.42 bits per heavy atom. The van der Waals surface area contributed by atoms with Gasteiger partial charge < -0.3 is 9.84 Å². The topological polar surface area (TPSA) is 51.0 Å². The maximum absolute atomic E-state index is 13.6. The van der Waals surface area contributed by atoms with Crippen LogP contribution in [0.25, 0.3) is 11.4 Å². The average molecular weight is 261 g/mol. The highest BCUT2D eigenvalue weighted by molar-refractivity contribution is 5.54. The van der Waals surface area contributed by atoms with Crippen LogP contribution < -0.4 is 5.32 Å². The van der Waals surface area contributed by atoms with Gasteiger partial charge in [-0.25, -0.2) is 4.39 Å². The zero-order valence-electron chi connectivity index (χ0n) is 10.8. The molecule has 1 aromatic carbocycles. The van der Waals surface area contributed by atoms with Crippen molar-refractivity contribution in [2.75, 3.05) is 7.05 Å². The molecule has 0 spiro atoms. The molecule has 0 saturated heterocycles. The van der Waals surface area contributed by atoms with Gasteiger partial charge in [0.05, 0.1) is 5.56 Å². The molecule has 1 atom stereocenters. The lowest BCUT2D eigenvalue weighted by Crippen LogP contribution is -2.29. The van der Waals surface area contributed by atoms with Gasteiger partial charge in [0.1, 0.15) is 5.82 Å². The molecule has 5 heteroatoms. The molecule has 0 bridgehead atoms. The van der Waals surface area contributed by atoms with Gasteiger partial charge in [-0.05, 0) is 37.9 Å². The third kappa shape index (κ3) is 2.66. The van der Waals surface area contributed by atoms with Crippen molar-refractivity contribution < 1.29 is 8.91 Å². The van der Waals surface area contributed by atoms with Gasteiger partial charge in [0.15, 0.2) is 0 Å². The average Bonchev–Trinajstić information content (AvgIpc) is 3.16. The molecule has 1 aromatic heterocycles. The molecule has 1 aliphatic rings. The lowest BCUT2D eigenvalue weighted by molar-refractivity contribution is 0.352. The second-order valence-corrected chi connectivity index (χ2v) is 4.93. The molecular weight excluding hydrogens is 245 g/mol. The number of halogens is 1. The van der Waals surface area contributed by atoms with Gasteiger partial charge in [0, 0.05) is 12.5 Å². The van der Waals surface area contributed by atoms with E-state index in [1.807, 2.05) is 7.05 Å². The highest BCUT2D eigenvalue weighted by atomic mass is 19.1. The molecule has 1 fully saturated rings. The molecule has 100 valence electrons. The number of rotatable bonds is 5. The smallest absolute Gasteiger partial charge is 0.228 e. The molecule has 2 aromatic rings. The number of benzene rings is 1. The minimum atomic E-state index is -0.331. The number of aromatic nitrogens is 2. The van der Waals surface area contributed by atoms with E-state index in [9.17, 15) is 4.39 Å². The van der Waals surface area contributed by atoms with Crippen LogP contribution in [0.3, 0.4) is 0 Å². The lowest BCUT2D eigenvalue weighted by atomic mass is 10.1. The van der Waals surface area contributed by atoms with Crippen LogP contribution in [0.2, 0.25) is 0 Å². The minimum absolute atomic E-state index is 0.318. The Labute approximate surface area is 111 Å². The van der Waals surface area contributed by atoms with E-state index in [2.05, 4.69) is 15.5 Å². The maximum atomic E-state index is 13.6. The van der Waals surface area contributed by atoms with E-state index in [1.165, 1.54) is 18.9 Å². The predicted octanol–water partition coefficient (Wildman–Crippen LogP) is 2.42. The largest absolute Gasteiger partial charge is 0.339 e. The van der Waals surface area contributed by atoms with E-state index in [0.29, 0.717) is 35.7 Å². The van der Waals surface area contributed by atoms with E-state index < -0.39 is 0 Å². The number of nitrogens with one attached hydrogen (secondary N) is 1. The van der Waals surface area contributed by atoms with Crippen molar-refractivity contribution in [2.24, 2.45) is 5.92 Å². The molecule has 4 nitrogen and oxygen atoms in total. The predicted molar refractivity (Wildman–Crippen MR) is 69.0 cm³/mol. The Kier molecular flexibility index (Phi) is 3.29. The summed E-state index contributed by atoms with van der Waals surface area (Å²) in [5, 5.41) is 7.13. The Balaban J connectivity index is 1.77. The summed E-state index contributed by atoms with van der Waals surface area (Å²) in [7, 11) is 1.94. The fraction of sp³-hybridized carbons (Fsp3) is 0.429. The van der Waals surface area contributed by atoms with E-state index in [4.69, 9.17) is 4.52 Å². The van der Waals surface area contributed by atoms with Crippen molar-refractivity contribution in [2.45, 2.75) is 25.3 Å². The van der Waals surface area contributed by atoms with Crippen molar-refractivity contribution in [3.8, 4) is 11.4 Å². The minimum Gasteiger partial charge on any atom is -0.339 e. The number of nitrogens with zero attached hydrogens (tertiary/aromatic N) is 2. The SMILES string of the molecule is CNC(Cc1nc(-c2ccccc2F)no1)C1CC1. The maximum Gasteiger partial charge on any atom is 0.228 e. The van der Waals surface area contributed by atoms with E-state index in [0.717, 1.165) is 0 Å². The van der Waals surface area contributed by atoms with Crippen LogP contribution in [-0.2, 0) is 6.42 Å². The molecular formula is C14H16FN3O. The Morgan fingerprint density at radius 3 is 2.89 bits per heavy atom. The number of hydrogen-bond acceptors (Lipinski definition) is 4. The van der Waals surface area contributed by atoms with Crippen molar-refractivity contribution in [1.82, 2.24) is 15.5 Å². The summed E-state index contributed by atoms with van der Waals surface area (Å²) < 4.78 is 18.8. The lowest BCUT2D eigenvalue weighted by Gasteiger charge is -2.11. The molecule has 1 heterocycles. The molecule has 3 rings (SSSR count). The molecule has 19 heavy (non-hydrogen) atoms. The van der Waals surface area contributed by atoms with Crippen LogP contribution in [0.15, 0.2) is 28.8 Å². The summed E-state index contributed by atoms with van der Waals surface area (Å²) >= 11 is 0. The summed E-state index contributed by atoms with van der Waals surface area (Å²) in [5.74, 6) is 1.25. The quantitative estimate of drug-likeness (QED) is 0.898. The summed E-state index contributed by atoms with van der Waals surface area (Å²) in [6, 6.07) is 6.82. The number of likely N-dealkylation sites (N-methyl/N-ethyl adjacent to an activating group) is 1. The first kappa shape index (κ1) is 12.3. The Bertz CT molecular complexity index is 565. The molecule has 0 amide bonds. The van der Waals surface area contributed by atoms with Gasteiger partial charge in [-0.3, -0.25) is 0 Å². The van der Waals surface area contributed by atoms with Crippen LogP contribution in [0.1, 0.15) is 18.7 Å². The van der Waals surface area contributed by atoms with Gasteiger partial charge in [0.25, 0.3) is 0 Å². The summed E-state index contributed by atoms with van der Waals surface area (Å²) in [5.41, 5.74) is 0.380. The second-order valence-electron chi connectivity index (χ2n) is 4.93. The van der Waals surface area contributed by atoms with Crippen LogP contribution in [-0.4, -0.2) is 23.2 Å². The van der Waals surface area contributed by atoms with E-state index >= 15 is 0 Å². The van der Waals surface area contributed by atoms with Gasteiger partial charge in [0.2, 0.25) is 11.7 Å². The highest BCUT2D eigenvalue weighted by Gasteiger charge is 2.31. The molecule has 0 radical (unpaired) electrons. The van der Waals surface area contributed by atoms with Crippen molar-refractivity contribution in [1.29, 1.82) is 0 Å². The van der Waals surface area contributed by atoms with Crippen molar-refractivity contribution in [3.05, 3.63) is 36.0 Å². The molecule has 1 saturated carbocycles. The molecule has 0 aliphatic heterocycles. The van der Waals surface area contributed by atoms with Crippen LogP contribution in [0.5, 0.6) is 0 Å². The number of hydrogen-bond donors (Lipinski definition) is 1. The normalized spacial score (nSPS) is 16.5. The van der Waals surface area contributed by atoms with Gasteiger partial charge in [-0.2, -0.15) is 4.98 Å². The van der Waals surface area contributed by atoms with Crippen LogP contribution in [0.4, 0.5) is 4.39 Å². The zero-order chi connectivity index (χ0) is 13.2. The van der Waals surface area contributed by atoms with Crippen molar-refractivity contribution >= 4 is 0 Å².